The van der Waals surface area contributed by atoms with E-state index in [2.05, 4.69) is 15.9 Å². The van der Waals surface area contributed by atoms with Crippen LogP contribution in [0.1, 0.15) is 72.4 Å². The Morgan fingerprint density at radius 1 is 1.30 bits per heavy atom. The van der Waals surface area contributed by atoms with Crippen LogP contribution in [0.15, 0.2) is 10.5 Å². The average molecular weight is 385 g/mol. The largest absolute Gasteiger partial charge is 0.478 e. The van der Waals surface area contributed by atoms with Crippen LogP contribution >= 0.6 is 15.9 Å². The number of hydrogen-bond donors (Lipinski definition) is 1. The second kappa shape index (κ2) is 9.06. The quantitative estimate of drug-likeness (QED) is 0.513. The van der Waals surface area contributed by atoms with E-state index in [-0.39, 0.29) is 17.0 Å². The summed E-state index contributed by atoms with van der Waals surface area (Å²) in [6.45, 7) is 8.34. The second-order valence-corrected chi connectivity index (χ2v) is 6.79. The van der Waals surface area contributed by atoms with Crippen LogP contribution in [0.4, 0.5) is 0 Å². The fraction of sp³-hybridized carbons (Fsp3) is 0.556. The van der Waals surface area contributed by atoms with E-state index in [0.717, 1.165) is 22.9 Å². The molecule has 0 unspecified atom stereocenters. The van der Waals surface area contributed by atoms with Gasteiger partial charge in [0.05, 0.1) is 17.7 Å². The van der Waals surface area contributed by atoms with Crippen molar-refractivity contribution in [2.45, 2.75) is 53.4 Å². The zero-order valence-electron chi connectivity index (χ0n) is 14.2. The molecule has 0 saturated heterocycles. The average Bonchev–Trinajstić information content (AvgIpc) is 2.48. The van der Waals surface area contributed by atoms with Crippen molar-refractivity contribution >= 4 is 27.9 Å². The van der Waals surface area contributed by atoms with Crippen LogP contribution in [0.5, 0.6) is 0 Å². The normalized spacial score (nSPS) is 10.9. The lowest BCUT2D eigenvalue weighted by molar-refractivity contribution is 0.0488. The van der Waals surface area contributed by atoms with Crippen molar-refractivity contribution < 1.29 is 19.4 Å². The summed E-state index contributed by atoms with van der Waals surface area (Å²) in [4.78, 5) is 24.1. The van der Waals surface area contributed by atoms with Crippen LogP contribution in [-0.2, 0) is 17.6 Å². The maximum atomic E-state index is 12.4. The van der Waals surface area contributed by atoms with Gasteiger partial charge in [0.15, 0.2) is 0 Å². The lowest BCUT2D eigenvalue weighted by Gasteiger charge is -2.18. The van der Waals surface area contributed by atoms with Crippen LogP contribution in [0, 0.1) is 5.92 Å². The molecule has 0 spiro atoms. The minimum absolute atomic E-state index is 0.0595. The van der Waals surface area contributed by atoms with Gasteiger partial charge in [-0.1, -0.05) is 50.0 Å². The number of carbonyl (C=O) groups excluding carboxylic acids is 1. The fourth-order valence-corrected chi connectivity index (χ4v) is 3.18. The number of aryl methyl sites for hydroxylation is 1. The predicted molar refractivity (Wildman–Crippen MR) is 94.2 cm³/mol. The number of carboxylic acids is 1. The topological polar surface area (TPSA) is 63.6 Å². The molecule has 0 amide bonds. The number of rotatable bonds is 8. The number of ether oxygens (including phenoxy) is 1. The molecule has 128 valence electrons. The number of aromatic carboxylic acids is 1. The van der Waals surface area contributed by atoms with E-state index < -0.39 is 11.9 Å². The van der Waals surface area contributed by atoms with Crippen molar-refractivity contribution in [1.82, 2.24) is 0 Å². The lowest BCUT2D eigenvalue weighted by atomic mass is 9.91. The molecular weight excluding hydrogens is 360 g/mol. The smallest absolute Gasteiger partial charge is 0.339 e. The van der Waals surface area contributed by atoms with Crippen molar-refractivity contribution in [2.75, 3.05) is 6.61 Å². The van der Waals surface area contributed by atoms with Gasteiger partial charge >= 0.3 is 11.9 Å². The fourth-order valence-electron chi connectivity index (χ4n) is 2.43. The highest BCUT2D eigenvalue weighted by molar-refractivity contribution is 9.10. The summed E-state index contributed by atoms with van der Waals surface area (Å²) in [5.41, 5.74) is 1.82. The summed E-state index contributed by atoms with van der Waals surface area (Å²) in [5, 5.41) is 9.64. The number of benzene rings is 1. The monoisotopic (exact) mass is 384 g/mol. The number of esters is 1. The third kappa shape index (κ3) is 5.06. The maximum absolute atomic E-state index is 12.4. The van der Waals surface area contributed by atoms with Gasteiger partial charge in [-0.05, 0) is 42.4 Å². The van der Waals surface area contributed by atoms with Crippen LogP contribution in [0.25, 0.3) is 0 Å². The Kier molecular flexibility index (Phi) is 7.76. The van der Waals surface area contributed by atoms with E-state index in [9.17, 15) is 14.7 Å². The molecule has 0 aliphatic carbocycles. The first kappa shape index (κ1) is 19.7. The zero-order valence-corrected chi connectivity index (χ0v) is 15.8. The zero-order chi connectivity index (χ0) is 17.6. The van der Waals surface area contributed by atoms with Crippen LogP contribution < -0.4 is 0 Å². The molecule has 0 fully saturated rings. The minimum atomic E-state index is -1.09. The molecule has 1 N–H and O–H groups in total. The molecule has 0 bridgehead atoms. The predicted octanol–water partition coefficient (Wildman–Crippen LogP) is 4.87. The third-order valence-corrected chi connectivity index (χ3v) is 4.58. The van der Waals surface area contributed by atoms with Gasteiger partial charge in [0.1, 0.15) is 0 Å². The Morgan fingerprint density at radius 3 is 2.43 bits per heavy atom. The van der Waals surface area contributed by atoms with Crippen molar-refractivity contribution in [3.63, 3.8) is 0 Å². The van der Waals surface area contributed by atoms with Crippen LogP contribution in [-0.4, -0.2) is 23.7 Å². The molecule has 0 saturated carbocycles. The molecule has 5 heteroatoms. The van der Waals surface area contributed by atoms with Crippen molar-refractivity contribution in [3.8, 4) is 0 Å². The molecule has 0 heterocycles. The molecule has 1 aromatic rings. The Labute approximate surface area is 146 Å². The van der Waals surface area contributed by atoms with Crippen molar-refractivity contribution in [2.24, 2.45) is 5.92 Å². The Morgan fingerprint density at radius 2 is 1.96 bits per heavy atom. The molecule has 0 radical (unpaired) electrons. The van der Waals surface area contributed by atoms with E-state index in [1.807, 2.05) is 27.7 Å². The van der Waals surface area contributed by atoms with Crippen molar-refractivity contribution in [1.29, 1.82) is 0 Å². The Hall–Kier alpha value is -1.36. The minimum Gasteiger partial charge on any atom is -0.478 e. The standard InChI is InChI=1S/C18H25BrO4/c1-5-7-8-23-18(22)14-10-12(6-2)16(19)13(9-11(3)4)15(14)17(20)21/h10-11H,5-9H2,1-4H3,(H,20,21). The van der Waals surface area contributed by atoms with E-state index in [1.165, 1.54) is 0 Å². The van der Waals surface area contributed by atoms with E-state index in [1.54, 1.807) is 6.07 Å². The molecule has 0 atom stereocenters. The highest BCUT2D eigenvalue weighted by atomic mass is 79.9. The first-order chi connectivity index (χ1) is 10.8. The van der Waals surface area contributed by atoms with Gasteiger partial charge in [0, 0.05) is 4.47 Å². The Balaban J connectivity index is 3.42. The highest BCUT2D eigenvalue weighted by Crippen LogP contribution is 2.31. The molecule has 0 aromatic heterocycles. The van der Waals surface area contributed by atoms with E-state index in [0.29, 0.717) is 25.0 Å². The second-order valence-electron chi connectivity index (χ2n) is 6.00. The van der Waals surface area contributed by atoms with Gasteiger partial charge in [0.2, 0.25) is 0 Å². The highest BCUT2D eigenvalue weighted by Gasteiger charge is 2.26. The number of hydrogen-bond acceptors (Lipinski definition) is 3. The maximum Gasteiger partial charge on any atom is 0.339 e. The molecule has 23 heavy (non-hydrogen) atoms. The van der Waals surface area contributed by atoms with E-state index in [4.69, 9.17) is 4.74 Å². The van der Waals surface area contributed by atoms with E-state index >= 15 is 0 Å². The van der Waals surface area contributed by atoms with Gasteiger partial charge < -0.3 is 9.84 Å². The lowest BCUT2D eigenvalue weighted by Crippen LogP contribution is -2.17. The molecule has 0 aliphatic rings. The first-order valence-corrected chi connectivity index (χ1v) is 8.87. The van der Waals surface area contributed by atoms with Crippen LogP contribution in [0.3, 0.4) is 0 Å². The molecule has 1 rings (SSSR count). The number of carboxylic acid groups (broad SMARTS) is 1. The van der Waals surface area contributed by atoms with Gasteiger partial charge in [-0.25, -0.2) is 9.59 Å². The number of unbranched alkanes of at least 4 members (excludes halogenated alkanes) is 1. The summed E-state index contributed by atoms with van der Waals surface area (Å²) in [6, 6.07) is 1.64. The van der Waals surface area contributed by atoms with Gasteiger partial charge in [-0.2, -0.15) is 0 Å². The molecule has 4 nitrogen and oxygen atoms in total. The molecule has 1 aromatic carbocycles. The van der Waals surface area contributed by atoms with Crippen LogP contribution in [0.2, 0.25) is 0 Å². The first-order valence-electron chi connectivity index (χ1n) is 8.08. The third-order valence-electron chi connectivity index (χ3n) is 3.59. The summed E-state index contributed by atoms with van der Waals surface area (Å²) in [5.74, 6) is -1.37. The summed E-state index contributed by atoms with van der Waals surface area (Å²) < 4.78 is 6.03. The summed E-state index contributed by atoms with van der Waals surface area (Å²) in [6.07, 6.45) is 2.98. The molecule has 0 aliphatic heterocycles. The number of carbonyl (C=O) groups is 2. The summed E-state index contributed by atoms with van der Waals surface area (Å²) >= 11 is 3.52. The summed E-state index contributed by atoms with van der Waals surface area (Å²) in [7, 11) is 0. The van der Waals surface area contributed by atoms with Gasteiger partial charge in [-0.15, -0.1) is 0 Å². The van der Waals surface area contributed by atoms with Gasteiger partial charge in [0.25, 0.3) is 0 Å². The van der Waals surface area contributed by atoms with Crippen molar-refractivity contribution in [3.05, 3.63) is 32.8 Å². The Bertz CT molecular complexity index is 579. The molecular formula is C18H25BrO4. The SMILES string of the molecule is CCCCOC(=O)c1cc(CC)c(Br)c(CC(C)C)c1C(=O)O. The number of halogens is 1. The van der Waals surface area contributed by atoms with Gasteiger partial charge in [-0.3, -0.25) is 0 Å².